The second-order valence-corrected chi connectivity index (χ2v) is 5.84. The van der Waals surface area contributed by atoms with Gasteiger partial charge in [-0.1, -0.05) is 30.3 Å². The van der Waals surface area contributed by atoms with E-state index in [9.17, 15) is 8.78 Å². The van der Waals surface area contributed by atoms with Gasteiger partial charge in [0.05, 0.1) is 5.38 Å². The van der Waals surface area contributed by atoms with Gasteiger partial charge >= 0.3 is 6.61 Å². The van der Waals surface area contributed by atoms with Crippen LogP contribution in [0.4, 0.5) is 8.78 Å². The van der Waals surface area contributed by atoms with Gasteiger partial charge in [0.15, 0.2) is 0 Å². The minimum Gasteiger partial charge on any atom is -0.435 e. The molecule has 0 bridgehead atoms. The highest BCUT2D eigenvalue weighted by molar-refractivity contribution is 7.17. The minimum atomic E-state index is -2.82. The summed E-state index contributed by atoms with van der Waals surface area (Å²) in [5, 5.41) is 2.84. The number of rotatable bonds is 4. The number of thiophene rings is 1. The SMILES string of the molecule is FC(F)Oc1ccc(C(Cl)c2csc3ccccc23)cc1. The van der Waals surface area contributed by atoms with E-state index in [0.717, 1.165) is 16.5 Å². The van der Waals surface area contributed by atoms with Gasteiger partial charge in [-0.2, -0.15) is 8.78 Å². The third-order valence-corrected chi connectivity index (χ3v) is 4.65. The molecule has 0 spiro atoms. The quantitative estimate of drug-likeness (QED) is 0.548. The lowest BCUT2D eigenvalue weighted by Crippen LogP contribution is -2.02. The normalized spacial score (nSPS) is 12.8. The highest BCUT2D eigenvalue weighted by Crippen LogP contribution is 2.37. The van der Waals surface area contributed by atoms with Crippen molar-refractivity contribution >= 4 is 33.0 Å². The fourth-order valence-corrected chi connectivity index (χ4v) is 3.58. The maximum absolute atomic E-state index is 12.1. The monoisotopic (exact) mass is 324 g/mol. The molecule has 0 aliphatic rings. The first kappa shape index (κ1) is 14.3. The summed E-state index contributed by atoms with van der Waals surface area (Å²) in [7, 11) is 0. The molecule has 0 N–H and O–H groups in total. The van der Waals surface area contributed by atoms with Gasteiger partial charge in [-0.3, -0.25) is 0 Å². The lowest BCUT2D eigenvalue weighted by molar-refractivity contribution is -0.0498. The van der Waals surface area contributed by atoms with Crippen molar-refractivity contribution in [1.82, 2.24) is 0 Å². The van der Waals surface area contributed by atoms with Crippen LogP contribution in [0.3, 0.4) is 0 Å². The van der Waals surface area contributed by atoms with Gasteiger partial charge < -0.3 is 4.74 Å². The summed E-state index contributed by atoms with van der Waals surface area (Å²) in [6.45, 7) is -2.82. The first-order valence-electron chi connectivity index (χ1n) is 6.30. The fourth-order valence-electron chi connectivity index (χ4n) is 2.19. The molecular weight excluding hydrogens is 314 g/mol. The summed E-state index contributed by atoms with van der Waals surface area (Å²) in [6, 6.07) is 14.5. The van der Waals surface area contributed by atoms with Crippen LogP contribution in [-0.2, 0) is 0 Å². The molecular formula is C16H11ClF2OS. The molecule has 0 amide bonds. The van der Waals surface area contributed by atoms with E-state index in [0.29, 0.717) is 0 Å². The molecule has 3 aromatic rings. The molecule has 21 heavy (non-hydrogen) atoms. The van der Waals surface area contributed by atoms with E-state index in [-0.39, 0.29) is 11.1 Å². The molecule has 0 fully saturated rings. The van der Waals surface area contributed by atoms with Crippen molar-refractivity contribution in [2.75, 3.05) is 0 Å². The predicted molar refractivity (Wildman–Crippen MR) is 82.6 cm³/mol. The molecule has 0 aliphatic carbocycles. The summed E-state index contributed by atoms with van der Waals surface area (Å²) in [5.41, 5.74) is 1.88. The van der Waals surface area contributed by atoms with E-state index in [1.807, 2.05) is 29.6 Å². The Labute approximate surface area is 129 Å². The van der Waals surface area contributed by atoms with Crippen molar-refractivity contribution in [1.29, 1.82) is 0 Å². The van der Waals surface area contributed by atoms with Crippen LogP contribution >= 0.6 is 22.9 Å². The van der Waals surface area contributed by atoms with E-state index in [2.05, 4.69) is 4.74 Å². The number of alkyl halides is 3. The van der Waals surface area contributed by atoms with Crippen molar-refractivity contribution < 1.29 is 13.5 Å². The first-order chi connectivity index (χ1) is 10.1. The summed E-state index contributed by atoms with van der Waals surface area (Å²) in [6.07, 6.45) is 0. The van der Waals surface area contributed by atoms with Crippen molar-refractivity contribution in [2.24, 2.45) is 0 Å². The largest absolute Gasteiger partial charge is 0.435 e. The molecule has 0 radical (unpaired) electrons. The highest BCUT2D eigenvalue weighted by atomic mass is 35.5. The number of hydrogen-bond acceptors (Lipinski definition) is 2. The van der Waals surface area contributed by atoms with E-state index >= 15 is 0 Å². The van der Waals surface area contributed by atoms with Crippen LogP contribution in [0.15, 0.2) is 53.9 Å². The average molecular weight is 325 g/mol. The molecule has 1 unspecified atom stereocenters. The molecule has 0 saturated carbocycles. The van der Waals surface area contributed by atoms with Crippen LogP contribution < -0.4 is 4.74 Å². The minimum absolute atomic E-state index is 0.132. The van der Waals surface area contributed by atoms with E-state index in [4.69, 9.17) is 11.6 Å². The van der Waals surface area contributed by atoms with Crippen LogP contribution in [0.25, 0.3) is 10.1 Å². The number of benzene rings is 2. The number of hydrogen-bond donors (Lipinski definition) is 0. The average Bonchev–Trinajstić information content (AvgIpc) is 2.90. The van der Waals surface area contributed by atoms with E-state index < -0.39 is 6.61 Å². The maximum atomic E-state index is 12.1. The maximum Gasteiger partial charge on any atom is 0.387 e. The first-order valence-corrected chi connectivity index (χ1v) is 7.62. The lowest BCUT2D eigenvalue weighted by atomic mass is 10.0. The third-order valence-electron chi connectivity index (χ3n) is 3.18. The molecule has 3 rings (SSSR count). The highest BCUT2D eigenvalue weighted by Gasteiger charge is 2.15. The van der Waals surface area contributed by atoms with Gasteiger partial charge in [-0.15, -0.1) is 22.9 Å². The smallest absolute Gasteiger partial charge is 0.387 e. The van der Waals surface area contributed by atoms with E-state index in [1.54, 1.807) is 23.5 Å². The lowest BCUT2D eigenvalue weighted by Gasteiger charge is -2.11. The Hall–Kier alpha value is -1.65. The Kier molecular flexibility index (Phi) is 4.08. The van der Waals surface area contributed by atoms with Gasteiger partial charge in [-0.25, -0.2) is 0 Å². The Morgan fingerprint density at radius 3 is 2.43 bits per heavy atom. The van der Waals surface area contributed by atoms with Gasteiger partial charge in [0.2, 0.25) is 0 Å². The van der Waals surface area contributed by atoms with Gasteiger partial charge in [0, 0.05) is 4.70 Å². The third kappa shape index (κ3) is 3.01. The molecule has 1 nitrogen and oxygen atoms in total. The van der Waals surface area contributed by atoms with E-state index in [1.165, 1.54) is 16.8 Å². The molecule has 0 aliphatic heterocycles. The summed E-state index contributed by atoms with van der Waals surface area (Å²) < 4.78 is 29.8. The zero-order valence-electron chi connectivity index (χ0n) is 10.8. The number of fused-ring (bicyclic) bond motifs is 1. The van der Waals surface area contributed by atoms with Crippen LogP contribution in [-0.4, -0.2) is 6.61 Å². The molecule has 1 heterocycles. The van der Waals surface area contributed by atoms with Gasteiger partial charge in [0.1, 0.15) is 5.75 Å². The fraction of sp³-hybridized carbons (Fsp3) is 0.125. The second kappa shape index (κ2) is 6.00. The Bertz CT molecular complexity index is 739. The zero-order valence-corrected chi connectivity index (χ0v) is 12.4. The molecule has 2 aromatic carbocycles. The Balaban J connectivity index is 1.89. The molecule has 1 aromatic heterocycles. The second-order valence-electron chi connectivity index (χ2n) is 4.50. The Morgan fingerprint density at radius 1 is 1.00 bits per heavy atom. The van der Waals surface area contributed by atoms with Crippen LogP contribution in [0.5, 0.6) is 5.75 Å². The van der Waals surface area contributed by atoms with Gasteiger partial charge in [-0.05, 0) is 40.1 Å². The number of halogens is 3. The van der Waals surface area contributed by atoms with Crippen molar-refractivity contribution in [3.63, 3.8) is 0 Å². The summed E-state index contributed by atoms with van der Waals surface area (Å²) >= 11 is 8.17. The summed E-state index contributed by atoms with van der Waals surface area (Å²) in [4.78, 5) is 0. The number of ether oxygens (including phenoxy) is 1. The topological polar surface area (TPSA) is 9.23 Å². The molecule has 1 atom stereocenters. The Morgan fingerprint density at radius 2 is 1.71 bits per heavy atom. The molecule has 108 valence electrons. The zero-order chi connectivity index (χ0) is 14.8. The van der Waals surface area contributed by atoms with Gasteiger partial charge in [0.25, 0.3) is 0 Å². The van der Waals surface area contributed by atoms with Crippen LogP contribution in [0.2, 0.25) is 0 Å². The molecule has 0 saturated heterocycles. The predicted octanol–water partition coefficient (Wildman–Crippen LogP) is 5.83. The van der Waals surface area contributed by atoms with Crippen molar-refractivity contribution in [3.8, 4) is 5.75 Å². The van der Waals surface area contributed by atoms with Crippen molar-refractivity contribution in [3.05, 3.63) is 65.0 Å². The van der Waals surface area contributed by atoms with Crippen LogP contribution in [0.1, 0.15) is 16.5 Å². The molecule has 5 heteroatoms. The standard InChI is InChI=1S/C16H11ClF2OS/c17-15(10-5-7-11(8-6-10)20-16(18)19)13-9-21-14-4-2-1-3-12(13)14/h1-9,15-16H. The van der Waals surface area contributed by atoms with Crippen LogP contribution in [0, 0.1) is 0 Å². The van der Waals surface area contributed by atoms with Crippen molar-refractivity contribution in [2.45, 2.75) is 12.0 Å². The summed E-state index contributed by atoms with van der Waals surface area (Å²) in [5.74, 6) is 0.132.